The molecule has 2 atom stereocenters. The van der Waals surface area contributed by atoms with Gasteiger partial charge in [-0.15, -0.1) is 0 Å². The summed E-state index contributed by atoms with van der Waals surface area (Å²) >= 11 is 0. The fourth-order valence-corrected chi connectivity index (χ4v) is 6.98. The molecular weight excluding hydrogens is 750 g/mol. The molecule has 0 rings (SSSR count). The average Bonchev–Trinajstić information content (AvgIpc) is 3.17. The van der Waals surface area contributed by atoms with Gasteiger partial charge in [0.2, 0.25) is 0 Å². The Morgan fingerprint density at radius 2 is 0.983 bits per heavy atom. The molecule has 0 heterocycles. The van der Waals surface area contributed by atoms with Gasteiger partial charge in [-0.2, -0.15) is 0 Å². The van der Waals surface area contributed by atoms with E-state index in [1.807, 2.05) is 21.1 Å². The molecule has 0 aromatic heterocycles. The van der Waals surface area contributed by atoms with Crippen molar-refractivity contribution >= 4 is 19.8 Å². The minimum atomic E-state index is -4.39. The molecule has 0 bridgehead atoms. The number of unbranched alkanes of at least 4 members (excludes halogenated alkanes) is 20. The molecule has 0 amide bonds. The number of nitrogens with zero attached hydrogens (tertiary/aromatic N) is 1. The fraction of sp³-hybridized carbons (Fsp3) is 0.792. The Kier molecular flexibility index (Phi) is 39.0. The van der Waals surface area contributed by atoms with E-state index in [1.165, 1.54) is 103 Å². The predicted octanol–water partition coefficient (Wildman–Crippen LogP) is 13.5. The minimum absolute atomic E-state index is 0.0232. The van der Waals surface area contributed by atoms with Crippen LogP contribution in [0.1, 0.15) is 194 Å². The number of hydrogen-bond donors (Lipinski definition) is 1. The summed E-state index contributed by atoms with van der Waals surface area (Å²) in [5.41, 5.74) is 0. The van der Waals surface area contributed by atoms with Crippen molar-refractivity contribution in [1.82, 2.24) is 0 Å². The first kappa shape index (κ1) is 56.0. The molecule has 0 fully saturated rings. The Morgan fingerprint density at radius 1 is 0.552 bits per heavy atom. The molecule has 0 saturated carbocycles. The standard InChI is InChI=1S/C48H88NO8P/c1-6-8-10-12-14-16-18-20-22-23-24-25-27-28-30-32-34-36-38-40-47(50)54-44-46(45-56-58(52,53)55-43-42-49(3,4)5)57-48(51)41-39-37-35-33-31-29-26-21-19-17-15-13-11-9-7-2/h9,11,15,17,21,26,31,33,46H,6-8,10,12-14,16,18-20,22-25,27-30,32,34-45H2,1-5H3/p+1/b11-9-,17-15-,26-21-,33-31-/t46-/m1/s1. The number of ether oxygens (including phenoxy) is 2. The van der Waals surface area contributed by atoms with Gasteiger partial charge in [-0.3, -0.25) is 18.6 Å². The zero-order valence-corrected chi connectivity index (χ0v) is 38.9. The van der Waals surface area contributed by atoms with Crippen molar-refractivity contribution in [3.05, 3.63) is 48.6 Å². The quantitative estimate of drug-likeness (QED) is 0.0213. The van der Waals surface area contributed by atoms with Crippen molar-refractivity contribution in [1.29, 1.82) is 0 Å². The van der Waals surface area contributed by atoms with E-state index in [1.54, 1.807) is 0 Å². The Labute approximate surface area is 356 Å². The van der Waals surface area contributed by atoms with Gasteiger partial charge in [-0.05, 0) is 51.4 Å². The van der Waals surface area contributed by atoms with Gasteiger partial charge < -0.3 is 18.9 Å². The highest BCUT2D eigenvalue weighted by atomic mass is 31.2. The van der Waals surface area contributed by atoms with E-state index in [4.69, 9.17) is 18.5 Å². The topological polar surface area (TPSA) is 108 Å². The van der Waals surface area contributed by atoms with Crippen molar-refractivity contribution in [2.75, 3.05) is 47.5 Å². The highest BCUT2D eigenvalue weighted by molar-refractivity contribution is 7.47. The van der Waals surface area contributed by atoms with Crippen molar-refractivity contribution < 1.29 is 42.1 Å². The second-order valence-electron chi connectivity index (χ2n) is 16.8. The molecule has 0 aromatic rings. The van der Waals surface area contributed by atoms with E-state index < -0.39 is 26.5 Å². The van der Waals surface area contributed by atoms with Gasteiger partial charge in [-0.1, -0.05) is 178 Å². The lowest BCUT2D eigenvalue weighted by atomic mass is 10.0. The summed E-state index contributed by atoms with van der Waals surface area (Å²) in [6.07, 6.45) is 47.4. The van der Waals surface area contributed by atoms with E-state index in [0.29, 0.717) is 17.4 Å². The van der Waals surface area contributed by atoms with Crippen LogP contribution in [0, 0.1) is 0 Å². The van der Waals surface area contributed by atoms with Gasteiger partial charge in [0, 0.05) is 12.8 Å². The molecule has 0 aliphatic rings. The molecule has 0 saturated heterocycles. The van der Waals surface area contributed by atoms with Crippen molar-refractivity contribution in [2.24, 2.45) is 0 Å². The van der Waals surface area contributed by atoms with Crippen LogP contribution in [-0.2, 0) is 32.7 Å². The van der Waals surface area contributed by atoms with Crippen LogP contribution in [0.15, 0.2) is 48.6 Å². The SMILES string of the molecule is CC/C=C\C/C=C\C/C=C\C/C=C\CCCCC(=O)O[C@H](COC(=O)CCCCCCCCCCCCCCCCCCCCC)COP(=O)(O)OCC[N+](C)(C)C. The number of likely N-dealkylation sites (N-methyl/N-ethyl adjacent to an activating group) is 1. The summed E-state index contributed by atoms with van der Waals surface area (Å²) in [5, 5.41) is 0. The van der Waals surface area contributed by atoms with E-state index >= 15 is 0 Å². The summed E-state index contributed by atoms with van der Waals surface area (Å²) in [6, 6.07) is 0. The van der Waals surface area contributed by atoms with Crippen LogP contribution < -0.4 is 0 Å². The zero-order valence-electron chi connectivity index (χ0n) is 38.0. The third-order valence-electron chi connectivity index (χ3n) is 9.87. The van der Waals surface area contributed by atoms with Crippen LogP contribution in [0.3, 0.4) is 0 Å². The smallest absolute Gasteiger partial charge is 0.462 e. The van der Waals surface area contributed by atoms with E-state index in [2.05, 4.69) is 62.5 Å². The third-order valence-corrected chi connectivity index (χ3v) is 10.9. The largest absolute Gasteiger partial charge is 0.472 e. The zero-order chi connectivity index (χ0) is 42.8. The molecule has 10 heteroatoms. The average molecular weight is 839 g/mol. The highest BCUT2D eigenvalue weighted by Gasteiger charge is 2.27. The predicted molar refractivity (Wildman–Crippen MR) is 243 cm³/mol. The molecule has 9 nitrogen and oxygen atoms in total. The summed E-state index contributed by atoms with van der Waals surface area (Å²) < 4.78 is 34.3. The van der Waals surface area contributed by atoms with E-state index in [9.17, 15) is 19.0 Å². The Balaban J connectivity index is 4.33. The van der Waals surface area contributed by atoms with Crippen molar-refractivity contribution in [3.8, 4) is 0 Å². The minimum Gasteiger partial charge on any atom is -0.462 e. The van der Waals surface area contributed by atoms with Gasteiger partial charge in [-0.25, -0.2) is 4.57 Å². The fourth-order valence-electron chi connectivity index (χ4n) is 6.24. The molecule has 0 aliphatic heterocycles. The molecule has 0 radical (unpaired) electrons. The first-order valence-electron chi connectivity index (χ1n) is 23.4. The number of quaternary nitrogens is 1. The summed E-state index contributed by atoms with van der Waals surface area (Å²) in [5.74, 6) is -0.843. The highest BCUT2D eigenvalue weighted by Crippen LogP contribution is 2.43. The van der Waals surface area contributed by atoms with Gasteiger partial charge in [0.25, 0.3) is 0 Å². The molecule has 1 unspecified atom stereocenters. The first-order valence-corrected chi connectivity index (χ1v) is 24.9. The second-order valence-corrected chi connectivity index (χ2v) is 18.2. The number of phosphoric acid groups is 1. The number of hydrogen-bond acceptors (Lipinski definition) is 7. The van der Waals surface area contributed by atoms with Crippen LogP contribution in [0.25, 0.3) is 0 Å². The molecule has 0 aromatic carbocycles. The molecule has 0 spiro atoms. The Bertz CT molecular complexity index is 1130. The maximum Gasteiger partial charge on any atom is 0.472 e. The van der Waals surface area contributed by atoms with Crippen molar-refractivity contribution in [2.45, 2.75) is 200 Å². The molecule has 1 N–H and O–H groups in total. The normalized spacial score (nSPS) is 14.0. The van der Waals surface area contributed by atoms with Crippen molar-refractivity contribution in [3.63, 3.8) is 0 Å². The van der Waals surface area contributed by atoms with Crippen LogP contribution in [0.5, 0.6) is 0 Å². The van der Waals surface area contributed by atoms with Crippen LogP contribution >= 0.6 is 7.82 Å². The lowest BCUT2D eigenvalue weighted by Gasteiger charge is -2.24. The Morgan fingerprint density at radius 3 is 1.47 bits per heavy atom. The number of esters is 2. The number of carbonyl (C=O) groups excluding carboxylic acids is 2. The third kappa shape index (κ3) is 43.5. The lowest BCUT2D eigenvalue weighted by molar-refractivity contribution is -0.870. The summed E-state index contributed by atoms with van der Waals surface area (Å²) in [6.45, 7) is 4.27. The van der Waals surface area contributed by atoms with Crippen LogP contribution in [0.2, 0.25) is 0 Å². The van der Waals surface area contributed by atoms with E-state index in [-0.39, 0.29) is 32.0 Å². The number of rotatable bonds is 42. The molecule has 338 valence electrons. The molecular formula is C48H89NO8P+. The molecule has 58 heavy (non-hydrogen) atoms. The Hall–Kier alpha value is -2.03. The van der Waals surface area contributed by atoms with Crippen LogP contribution in [-0.4, -0.2) is 74.9 Å². The maximum atomic E-state index is 12.7. The maximum absolute atomic E-state index is 12.7. The number of allylic oxidation sites excluding steroid dienone is 8. The van der Waals surface area contributed by atoms with Crippen LogP contribution in [0.4, 0.5) is 0 Å². The number of carbonyl (C=O) groups is 2. The summed E-state index contributed by atoms with van der Waals surface area (Å²) in [4.78, 5) is 35.4. The van der Waals surface area contributed by atoms with Gasteiger partial charge in [0.15, 0.2) is 6.10 Å². The lowest BCUT2D eigenvalue weighted by Crippen LogP contribution is -2.37. The van der Waals surface area contributed by atoms with Gasteiger partial charge in [0.05, 0.1) is 27.7 Å². The monoisotopic (exact) mass is 839 g/mol. The summed E-state index contributed by atoms with van der Waals surface area (Å²) in [7, 11) is 1.45. The van der Waals surface area contributed by atoms with E-state index in [0.717, 1.165) is 57.8 Å². The molecule has 0 aliphatic carbocycles. The number of phosphoric ester groups is 1. The van der Waals surface area contributed by atoms with Gasteiger partial charge >= 0.3 is 19.8 Å². The second kappa shape index (κ2) is 40.4. The first-order chi connectivity index (χ1) is 28.0. The van der Waals surface area contributed by atoms with Gasteiger partial charge in [0.1, 0.15) is 19.8 Å².